The van der Waals surface area contributed by atoms with Gasteiger partial charge in [-0.2, -0.15) is 0 Å². The maximum atomic E-state index is 12.1. The molecule has 0 radical (unpaired) electrons. The van der Waals surface area contributed by atoms with Crippen LogP contribution in [0.15, 0.2) is 53.4 Å². The van der Waals surface area contributed by atoms with E-state index in [0.717, 1.165) is 6.42 Å². The van der Waals surface area contributed by atoms with E-state index in [2.05, 4.69) is 19.2 Å². The van der Waals surface area contributed by atoms with Crippen LogP contribution in [0, 0.1) is 5.92 Å². The summed E-state index contributed by atoms with van der Waals surface area (Å²) in [5.74, 6) is 0.800. The SMILES string of the molecule is CCC(C)CNC(=O)c1ccc(OS(=O)c2ccc(O)cc2)cc1. The van der Waals surface area contributed by atoms with Crippen LogP contribution in [0.25, 0.3) is 0 Å². The minimum Gasteiger partial charge on any atom is -0.508 e. The first-order valence-corrected chi connectivity index (χ1v) is 8.84. The molecule has 2 aromatic carbocycles. The maximum Gasteiger partial charge on any atom is 0.251 e. The number of carbonyl (C=O) groups excluding carboxylic acids is 1. The third-order valence-electron chi connectivity index (χ3n) is 3.63. The summed E-state index contributed by atoms with van der Waals surface area (Å²) in [6.45, 7) is 4.80. The van der Waals surface area contributed by atoms with Crippen molar-refractivity contribution in [2.45, 2.75) is 25.2 Å². The second kappa shape index (κ2) is 8.49. The van der Waals surface area contributed by atoms with Crippen LogP contribution in [0.2, 0.25) is 0 Å². The molecule has 1 amide bonds. The fourth-order valence-electron chi connectivity index (χ4n) is 1.87. The minimum atomic E-state index is -1.68. The number of nitrogens with one attached hydrogen (secondary N) is 1. The average Bonchev–Trinajstić information content (AvgIpc) is 2.60. The number of benzene rings is 2. The summed E-state index contributed by atoms with van der Waals surface area (Å²) in [4.78, 5) is 12.5. The second-order valence-electron chi connectivity index (χ2n) is 5.56. The molecule has 0 aliphatic rings. The van der Waals surface area contributed by atoms with Gasteiger partial charge in [-0.15, -0.1) is 0 Å². The van der Waals surface area contributed by atoms with Crippen LogP contribution in [0.3, 0.4) is 0 Å². The molecule has 0 spiro atoms. The van der Waals surface area contributed by atoms with Crippen molar-refractivity contribution in [2.75, 3.05) is 6.54 Å². The standard InChI is InChI=1S/C18H21NO4S/c1-3-13(2)12-19-18(21)14-4-8-16(9-5-14)23-24(22)17-10-6-15(20)7-11-17/h4-11,13,20H,3,12H2,1-2H3,(H,19,21). The van der Waals surface area contributed by atoms with Crippen LogP contribution in [0.4, 0.5) is 0 Å². The van der Waals surface area contributed by atoms with Gasteiger partial charge in [0.05, 0.1) is 4.90 Å². The molecule has 0 aromatic heterocycles. The normalized spacial score (nSPS) is 13.1. The van der Waals surface area contributed by atoms with E-state index in [9.17, 15) is 14.1 Å². The number of hydrogen-bond donors (Lipinski definition) is 2. The Morgan fingerprint density at radius 1 is 1.17 bits per heavy atom. The van der Waals surface area contributed by atoms with Crippen molar-refractivity contribution in [3.05, 3.63) is 54.1 Å². The summed E-state index contributed by atoms with van der Waals surface area (Å²) in [7, 11) is 0. The summed E-state index contributed by atoms with van der Waals surface area (Å²) in [5.41, 5.74) is 0.529. The Balaban J connectivity index is 1.95. The summed E-state index contributed by atoms with van der Waals surface area (Å²) < 4.78 is 17.4. The first-order chi connectivity index (χ1) is 11.5. The summed E-state index contributed by atoms with van der Waals surface area (Å²) in [6.07, 6.45) is 1.01. The quantitative estimate of drug-likeness (QED) is 0.806. The molecule has 2 N–H and O–H groups in total. The van der Waals surface area contributed by atoms with Gasteiger partial charge >= 0.3 is 0 Å². The van der Waals surface area contributed by atoms with E-state index >= 15 is 0 Å². The van der Waals surface area contributed by atoms with Gasteiger partial charge < -0.3 is 14.6 Å². The van der Waals surface area contributed by atoms with E-state index < -0.39 is 11.1 Å². The first-order valence-electron chi connectivity index (χ1n) is 7.77. The molecule has 0 aliphatic carbocycles. The molecule has 2 atom stereocenters. The molecule has 0 saturated carbocycles. The minimum absolute atomic E-state index is 0.100. The number of hydrogen-bond acceptors (Lipinski definition) is 4. The lowest BCUT2D eigenvalue weighted by molar-refractivity contribution is 0.0948. The second-order valence-corrected chi connectivity index (χ2v) is 6.67. The van der Waals surface area contributed by atoms with Gasteiger partial charge in [0.1, 0.15) is 11.5 Å². The molecule has 0 heterocycles. The van der Waals surface area contributed by atoms with Crippen molar-refractivity contribution < 1.29 is 18.3 Å². The van der Waals surface area contributed by atoms with Crippen LogP contribution < -0.4 is 9.50 Å². The van der Waals surface area contributed by atoms with Crippen molar-refractivity contribution in [3.63, 3.8) is 0 Å². The van der Waals surface area contributed by atoms with Crippen molar-refractivity contribution in [3.8, 4) is 11.5 Å². The van der Waals surface area contributed by atoms with Crippen molar-refractivity contribution >= 4 is 17.0 Å². The molecule has 0 aliphatic heterocycles. The smallest absolute Gasteiger partial charge is 0.251 e. The third kappa shape index (κ3) is 5.09. The summed E-state index contributed by atoms with van der Waals surface area (Å²) in [5, 5.41) is 12.1. The third-order valence-corrected chi connectivity index (χ3v) is 4.63. The Morgan fingerprint density at radius 2 is 1.79 bits per heavy atom. The fraction of sp³-hybridized carbons (Fsp3) is 0.278. The molecule has 2 aromatic rings. The molecule has 2 rings (SSSR count). The van der Waals surface area contributed by atoms with Gasteiger partial charge in [-0.25, -0.2) is 4.21 Å². The van der Waals surface area contributed by atoms with Crippen LogP contribution in [0.1, 0.15) is 30.6 Å². The van der Waals surface area contributed by atoms with Crippen molar-refractivity contribution in [1.82, 2.24) is 5.32 Å². The van der Waals surface area contributed by atoms with Crippen LogP contribution in [-0.2, 0) is 11.1 Å². The number of carbonyl (C=O) groups is 1. The predicted octanol–water partition coefficient (Wildman–Crippen LogP) is 3.27. The van der Waals surface area contributed by atoms with E-state index in [1.54, 1.807) is 24.3 Å². The average molecular weight is 347 g/mol. The van der Waals surface area contributed by atoms with Gasteiger partial charge in [-0.1, -0.05) is 20.3 Å². The van der Waals surface area contributed by atoms with Crippen LogP contribution in [-0.4, -0.2) is 21.8 Å². The van der Waals surface area contributed by atoms with Gasteiger partial charge in [-0.3, -0.25) is 4.79 Å². The van der Waals surface area contributed by atoms with E-state index in [1.807, 2.05) is 0 Å². The highest BCUT2D eigenvalue weighted by atomic mass is 32.2. The molecule has 24 heavy (non-hydrogen) atoms. The maximum absolute atomic E-state index is 12.1. The highest BCUT2D eigenvalue weighted by Crippen LogP contribution is 2.18. The molecule has 128 valence electrons. The number of rotatable bonds is 7. The first kappa shape index (κ1) is 18.0. The van der Waals surface area contributed by atoms with Crippen molar-refractivity contribution in [2.24, 2.45) is 5.92 Å². The Bertz CT molecular complexity index is 698. The van der Waals surface area contributed by atoms with E-state index in [1.165, 1.54) is 24.3 Å². The van der Waals surface area contributed by atoms with Gasteiger partial charge in [-0.05, 0) is 54.4 Å². The van der Waals surface area contributed by atoms with Crippen LogP contribution in [0.5, 0.6) is 11.5 Å². The predicted molar refractivity (Wildman–Crippen MR) is 93.4 cm³/mol. The number of aromatic hydroxyl groups is 1. The largest absolute Gasteiger partial charge is 0.508 e. The number of phenols is 1. The van der Waals surface area contributed by atoms with E-state index in [-0.39, 0.29) is 11.7 Å². The Kier molecular flexibility index (Phi) is 6.37. The highest BCUT2D eigenvalue weighted by Gasteiger charge is 2.09. The van der Waals surface area contributed by atoms with Gasteiger partial charge in [0.2, 0.25) is 11.1 Å². The molecule has 6 heteroatoms. The molecule has 5 nitrogen and oxygen atoms in total. The lowest BCUT2D eigenvalue weighted by Crippen LogP contribution is -2.27. The molecule has 0 fully saturated rings. The Labute approximate surface area is 144 Å². The zero-order chi connectivity index (χ0) is 17.5. The Hall–Kier alpha value is -2.34. The molecule has 0 bridgehead atoms. The molecule has 0 saturated heterocycles. The zero-order valence-corrected chi connectivity index (χ0v) is 14.5. The molecular weight excluding hydrogens is 326 g/mol. The van der Waals surface area contributed by atoms with Gasteiger partial charge in [0, 0.05) is 12.1 Å². The Morgan fingerprint density at radius 3 is 2.38 bits per heavy atom. The van der Waals surface area contributed by atoms with E-state index in [4.69, 9.17) is 4.18 Å². The summed E-state index contributed by atoms with van der Waals surface area (Å²) in [6, 6.07) is 12.4. The van der Waals surface area contributed by atoms with E-state index in [0.29, 0.717) is 28.7 Å². The summed E-state index contributed by atoms with van der Waals surface area (Å²) >= 11 is -1.68. The van der Waals surface area contributed by atoms with Crippen molar-refractivity contribution in [1.29, 1.82) is 0 Å². The highest BCUT2D eigenvalue weighted by molar-refractivity contribution is 7.80. The lowest BCUT2D eigenvalue weighted by atomic mass is 10.1. The van der Waals surface area contributed by atoms with Crippen LogP contribution >= 0.6 is 0 Å². The number of amides is 1. The topological polar surface area (TPSA) is 75.6 Å². The zero-order valence-electron chi connectivity index (χ0n) is 13.7. The molecular formula is C18H21NO4S. The fourth-order valence-corrected chi connectivity index (χ4v) is 2.61. The monoisotopic (exact) mass is 347 g/mol. The number of phenolic OH excluding ortho intramolecular Hbond substituents is 1. The lowest BCUT2D eigenvalue weighted by Gasteiger charge is -2.10. The van der Waals surface area contributed by atoms with Gasteiger partial charge in [0.25, 0.3) is 5.91 Å². The molecule has 2 unspecified atom stereocenters. The van der Waals surface area contributed by atoms with Gasteiger partial charge in [0.15, 0.2) is 0 Å².